The van der Waals surface area contributed by atoms with E-state index >= 15 is 0 Å². The molecule has 0 fully saturated rings. The Hall–Kier alpha value is -1.67. The van der Waals surface area contributed by atoms with Gasteiger partial charge in [0.1, 0.15) is 5.82 Å². The van der Waals surface area contributed by atoms with E-state index in [-0.39, 0.29) is 5.82 Å². The second-order valence-corrected chi connectivity index (χ2v) is 5.64. The molecule has 0 spiro atoms. The summed E-state index contributed by atoms with van der Waals surface area (Å²) >= 11 is 0. The van der Waals surface area contributed by atoms with Gasteiger partial charge in [0.15, 0.2) is 0 Å². The fourth-order valence-corrected chi connectivity index (χ4v) is 2.78. The maximum Gasteiger partial charge on any atom is 0.123 e. The monoisotopic (exact) mass is 285 g/mol. The van der Waals surface area contributed by atoms with E-state index in [1.54, 1.807) is 6.07 Å². The van der Waals surface area contributed by atoms with Crippen LogP contribution in [0.25, 0.3) is 0 Å². The minimum absolute atomic E-state index is 0.150. The molecular formula is C19H24FN. The molecule has 112 valence electrons. The molecule has 0 heterocycles. The van der Waals surface area contributed by atoms with Crippen LogP contribution in [0, 0.1) is 19.7 Å². The molecular weight excluding hydrogens is 261 g/mol. The summed E-state index contributed by atoms with van der Waals surface area (Å²) in [4.78, 5) is 0. The van der Waals surface area contributed by atoms with Crippen molar-refractivity contribution in [3.8, 4) is 0 Å². The highest BCUT2D eigenvalue weighted by atomic mass is 19.1. The minimum atomic E-state index is -0.150. The van der Waals surface area contributed by atoms with Gasteiger partial charge in [0, 0.05) is 12.5 Å². The van der Waals surface area contributed by atoms with Gasteiger partial charge in [0.2, 0.25) is 0 Å². The van der Waals surface area contributed by atoms with Crippen molar-refractivity contribution in [1.82, 2.24) is 5.32 Å². The van der Waals surface area contributed by atoms with Crippen LogP contribution in [0.4, 0.5) is 4.39 Å². The van der Waals surface area contributed by atoms with Crippen molar-refractivity contribution >= 4 is 0 Å². The van der Waals surface area contributed by atoms with E-state index in [4.69, 9.17) is 0 Å². The number of hydrogen-bond acceptors (Lipinski definition) is 1. The summed E-state index contributed by atoms with van der Waals surface area (Å²) in [6.07, 6.45) is 0.863. The molecule has 2 rings (SSSR count). The standard InChI is InChI=1S/C19H24FN/c1-4-21-13-17(19-8-6-5-7-15(19)3)11-16-12-18(20)10-9-14(16)2/h5-10,12,17,21H,4,11,13H2,1-3H3. The summed E-state index contributed by atoms with van der Waals surface area (Å²) in [5.41, 5.74) is 4.91. The van der Waals surface area contributed by atoms with Crippen LogP contribution in [-0.2, 0) is 6.42 Å². The van der Waals surface area contributed by atoms with Crippen molar-refractivity contribution in [2.45, 2.75) is 33.1 Å². The lowest BCUT2D eigenvalue weighted by Gasteiger charge is -2.21. The topological polar surface area (TPSA) is 12.0 Å². The number of likely N-dealkylation sites (N-methyl/N-ethyl adjacent to an activating group) is 1. The molecule has 1 atom stereocenters. The number of nitrogens with one attached hydrogen (secondary N) is 1. The Bertz CT molecular complexity index is 592. The van der Waals surface area contributed by atoms with Crippen molar-refractivity contribution in [2.75, 3.05) is 13.1 Å². The van der Waals surface area contributed by atoms with E-state index in [0.29, 0.717) is 5.92 Å². The largest absolute Gasteiger partial charge is 0.316 e. The van der Waals surface area contributed by atoms with Gasteiger partial charge in [0.05, 0.1) is 0 Å². The number of hydrogen-bond donors (Lipinski definition) is 1. The summed E-state index contributed by atoms with van der Waals surface area (Å²) < 4.78 is 13.5. The number of rotatable bonds is 6. The number of benzene rings is 2. The Balaban J connectivity index is 2.28. The van der Waals surface area contributed by atoms with Crippen molar-refractivity contribution in [3.05, 3.63) is 70.5 Å². The Morgan fingerprint density at radius 2 is 1.81 bits per heavy atom. The number of aryl methyl sites for hydroxylation is 2. The van der Waals surface area contributed by atoms with Crippen LogP contribution in [-0.4, -0.2) is 13.1 Å². The normalized spacial score (nSPS) is 12.4. The van der Waals surface area contributed by atoms with Crippen molar-refractivity contribution < 1.29 is 4.39 Å². The molecule has 1 N–H and O–H groups in total. The zero-order valence-corrected chi connectivity index (χ0v) is 13.1. The van der Waals surface area contributed by atoms with Crippen LogP contribution in [0.1, 0.15) is 35.1 Å². The van der Waals surface area contributed by atoms with E-state index in [2.05, 4.69) is 50.4 Å². The first-order chi connectivity index (χ1) is 10.1. The summed E-state index contributed by atoms with van der Waals surface area (Å²) in [7, 11) is 0. The highest BCUT2D eigenvalue weighted by Crippen LogP contribution is 2.25. The molecule has 1 nitrogen and oxygen atoms in total. The highest BCUT2D eigenvalue weighted by Gasteiger charge is 2.15. The van der Waals surface area contributed by atoms with Gasteiger partial charge >= 0.3 is 0 Å². The lowest BCUT2D eigenvalue weighted by molar-refractivity contribution is 0.585. The molecule has 21 heavy (non-hydrogen) atoms. The molecule has 0 aliphatic heterocycles. The van der Waals surface area contributed by atoms with Crippen LogP contribution in [0.15, 0.2) is 42.5 Å². The summed E-state index contributed by atoms with van der Waals surface area (Å²) in [5.74, 6) is 0.217. The van der Waals surface area contributed by atoms with Crippen molar-refractivity contribution in [3.63, 3.8) is 0 Å². The Labute approximate surface area is 127 Å². The van der Waals surface area contributed by atoms with Gasteiger partial charge in [-0.05, 0) is 61.2 Å². The predicted octanol–water partition coefficient (Wildman–Crippen LogP) is 4.38. The first-order valence-corrected chi connectivity index (χ1v) is 7.63. The summed E-state index contributed by atoms with van der Waals surface area (Å²) in [6, 6.07) is 13.6. The smallest absolute Gasteiger partial charge is 0.123 e. The quantitative estimate of drug-likeness (QED) is 0.830. The van der Waals surface area contributed by atoms with Gasteiger partial charge in [-0.25, -0.2) is 4.39 Å². The zero-order valence-electron chi connectivity index (χ0n) is 13.1. The van der Waals surface area contributed by atoms with Crippen LogP contribution in [0.5, 0.6) is 0 Å². The van der Waals surface area contributed by atoms with Crippen LogP contribution in [0.3, 0.4) is 0 Å². The zero-order chi connectivity index (χ0) is 15.2. The first kappa shape index (κ1) is 15.7. The molecule has 2 heteroatoms. The SMILES string of the molecule is CCNCC(Cc1cc(F)ccc1C)c1ccccc1C. The van der Waals surface area contributed by atoms with Gasteiger partial charge in [-0.15, -0.1) is 0 Å². The third-order valence-corrected chi connectivity index (χ3v) is 4.05. The molecule has 0 saturated carbocycles. The summed E-state index contributed by atoms with van der Waals surface area (Å²) in [5, 5.41) is 3.43. The van der Waals surface area contributed by atoms with Gasteiger partial charge in [-0.2, -0.15) is 0 Å². The summed E-state index contributed by atoms with van der Waals surface area (Å²) in [6.45, 7) is 8.17. The minimum Gasteiger partial charge on any atom is -0.316 e. The molecule has 0 aromatic heterocycles. The fraction of sp³-hybridized carbons (Fsp3) is 0.368. The van der Waals surface area contributed by atoms with E-state index < -0.39 is 0 Å². The van der Waals surface area contributed by atoms with Crippen LogP contribution in [0.2, 0.25) is 0 Å². The van der Waals surface area contributed by atoms with E-state index in [1.807, 2.05) is 6.07 Å². The lowest BCUT2D eigenvalue weighted by atomic mass is 9.87. The molecule has 1 unspecified atom stereocenters. The maximum atomic E-state index is 13.5. The third kappa shape index (κ3) is 4.15. The number of halogens is 1. The molecule has 2 aromatic rings. The van der Waals surface area contributed by atoms with Crippen molar-refractivity contribution in [1.29, 1.82) is 0 Å². The van der Waals surface area contributed by atoms with E-state index in [1.165, 1.54) is 17.2 Å². The second-order valence-electron chi connectivity index (χ2n) is 5.64. The molecule has 0 aliphatic rings. The Morgan fingerprint density at radius 3 is 2.52 bits per heavy atom. The van der Waals surface area contributed by atoms with Gasteiger partial charge in [0.25, 0.3) is 0 Å². The second kappa shape index (κ2) is 7.37. The fourth-order valence-electron chi connectivity index (χ4n) is 2.78. The van der Waals surface area contributed by atoms with Crippen LogP contribution >= 0.6 is 0 Å². The Kier molecular flexibility index (Phi) is 5.51. The van der Waals surface area contributed by atoms with Crippen LogP contribution < -0.4 is 5.32 Å². The third-order valence-electron chi connectivity index (χ3n) is 4.05. The molecule has 0 aliphatic carbocycles. The maximum absolute atomic E-state index is 13.5. The van der Waals surface area contributed by atoms with Gasteiger partial charge in [-0.1, -0.05) is 37.3 Å². The van der Waals surface area contributed by atoms with Gasteiger partial charge < -0.3 is 5.32 Å². The first-order valence-electron chi connectivity index (χ1n) is 7.63. The lowest BCUT2D eigenvalue weighted by Crippen LogP contribution is -2.23. The van der Waals surface area contributed by atoms with Gasteiger partial charge in [-0.3, -0.25) is 0 Å². The molecule has 2 aromatic carbocycles. The molecule has 0 radical (unpaired) electrons. The average molecular weight is 285 g/mol. The predicted molar refractivity (Wildman–Crippen MR) is 87.3 cm³/mol. The highest BCUT2D eigenvalue weighted by molar-refractivity contribution is 5.34. The molecule has 0 bridgehead atoms. The van der Waals surface area contributed by atoms with E-state index in [0.717, 1.165) is 30.6 Å². The molecule has 0 saturated heterocycles. The average Bonchev–Trinajstić information content (AvgIpc) is 2.48. The molecule has 0 amide bonds. The Morgan fingerprint density at radius 1 is 1.05 bits per heavy atom. The van der Waals surface area contributed by atoms with Crippen molar-refractivity contribution in [2.24, 2.45) is 0 Å². The van der Waals surface area contributed by atoms with E-state index in [9.17, 15) is 4.39 Å².